The summed E-state index contributed by atoms with van der Waals surface area (Å²) in [4.78, 5) is 16.8. The molecule has 0 aliphatic heterocycles. The molecule has 2 heterocycles. The van der Waals surface area contributed by atoms with Gasteiger partial charge in [0.05, 0.1) is 18.0 Å². The number of hydrogen-bond donors (Lipinski definition) is 1. The molecule has 0 atom stereocenters. The first-order chi connectivity index (χ1) is 7.78. The van der Waals surface area contributed by atoms with Gasteiger partial charge in [-0.3, -0.25) is 4.79 Å². The molecule has 3 nitrogen and oxygen atoms in total. The maximum absolute atomic E-state index is 11.6. The van der Waals surface area contributed by atoms with Crippen LogP contribution in [0.15, 0.2) is 22.9 Å². The Kier molecular flexibility index (Phi) is 3.93. The lowest BCUT2D eigenvalue weighted by molar-refractivity contribution is -0.115. The van der Waals surface area contributed by atoms with Gasteiger partial charge in [-0.05, 0) is 11.4 Å². The summed E-state index contributed by atoms with van der Waals surface area (Å²) in [5, 5.41) is 7.16. The number of carbonyl (C=O) groups excluding carboxylic acids is 1. The maximum atomic E-state index is 11.6. The molecule has 0 unspecified atom stereocenters. The van der Waals surface area contributed by atoms with E-state index in [4.69, 9.17) is 11.6 Å². The first-order valence-electron chi connectivity index (χ1n) is 4.60. The minimum absolute atomic E-state index is 0.0436. The molecule has 0 aliphatic carbocycles. The highest BCUT2D eigenvalue weighted by molar-refractivity contribution is 7.14. The zero-order valence-corrected chi connectivity index (χ0v) is 10.7. The third kappa shape index (κ3) is 3.04. The summed E-state index contributed by atoms with van der Waals surface area (Å²) >= 11 is 8.59. The minimum Gasteiger partial charge on any atom is -0.302 e. The lowest BCUT2D eigenvalue weighted by Gasteiger charge is -1.98. The van der Waals surface area contributed by atoms with Crippen LogP contribution in [0.1, 0.15) is 10.6 Å². The van der Waals surface area contributed by atoms with E-state index in [1.807, 2.05) is 22.9 Å². The number of nitrogens with one attached hydrogen (secondary N) is 1. The average molecular weight is 273 g/mol. The van der Waals surface area contributed by atoms with Gasteiger partial charge in [0, 0.05) is 10.3 Å². The van der Waals surface area contributed by atoms with Crippen molar-refractivity contribution < 1.29 is 4.79 Å². The highest BCUT2D eigenvalue weighted by Gasteiger charge is 2.07. The summed E-state index contributed by atoms with van der Waals surface area (Å²) in [6, 6.07) is 3.87. The smallest absolute Gasteiger partial charge is 0.231 e. The fraction of sp³-hybridized carbons (Fsp3) is 0.200. The molecule has 0 aliphatic rings. The highest BCUT2D eigenvalue weighted by atomic mass is 35.5. The van der Waals surface area contributed by atoms with Crippen LogP contribution in [0.2, 0.25) is 0 Å². The van der Waals surface area contributed by atoms with Gasteiger partial charge in [-0.2, -0.15) is 0 Å². The van der Waals surface area contributed by atoms with Gasteiger partial charge >= 0.3 is 0 Å². The number of alkyl halides is 1. The molecule has 1 N–H and O–H groups in total. The predicted molar refractivity (Wildman–Crippen MR) is 68.3 cm³/mol. The minimum atomic E-state index is -0.0436. The van der Waals surface area contributed by atoms with Crippen LogP contribution < -0.4 is 5.32 Å². The number of nitrogens with zero attached hydrogens (tertiary/aromatic N) is 1. The molecular formula is C10H9ClN2OS2. The van der Waals surface area contributed by atoms with Gasteiger partial charge in [0.1, 0.15) is 0 Å². The summed E-state index contributed by atoms with van der Waals surface area (Å²) in [5.41, 5.74) is 0.790. The number of thiophene rings is 1. The van der Waals surface area contributed by atoms with Gasteiger partial charge in [0.25, 0.3) is 0 Å². The van der Waals surface area contributed by atoms with Gasteiger partial charge in [0.15, 0.2) is 5.13 Å². The molecule has 0 saturated carbocycles. The van der Waals surface area contributed by atoms with Crippen LogP contribution in [0.5, 0.6) is 0 Å². The lowest BCUT2D eigenvalue weighted by Crippen LogP contribution is -2.13. The molecule has 16 heavy (non-hydrogen) atoms. The van der Waals surface area contributed by atoms with Gasteiger partial charge in [-0.15, -0.1) is 34.3 Å². The van der Waals surface area contributed by atoms with Crippen molar-refractivity contribution in [2.75, 3.05) is 5.32 Å². The molecule has 84 valence electrons. The molecule has 0 radical (unpaired) electrons. The normalized spacial score (nSPS) is 10.3. The molecule has 0 fully saturated rings. The van der Waals surface area contributed by atoms with Crippen LogP contribution in [0.3, 0.4) is 0 Å². The number of rotatable bonds is 4. The standard InChI is InChI=1S/C10H9ClN2OS2/c11-5-7-6-16-10(12-7)13-9(14)4-8-2-1-3-15-8/h1-3,6H,4-5H2,(H,12,13,14). The average Bonchev–Trinajstić information content (AvgIpc) is 2.89. The molecule has 0 saturated heterocycles. The number of thiazole rings is 1. The van der Waals surface area contributed by atoms with E-state index in [0.717, 1.165) is 10.6 Å². The predicted octanol–water partition coefficient (Wildman–Crippen LogP) is 3.12. The molecule has 0 spiro atoms. The summed E-state index contributed by atoms with van der Waals surface area (Å²) < 4.78 is 0. The van der Waals surface area contributed by atoms with Crippen LogP contribution >= 0.6 is 34.3 Å². The van der Waals surface area contributed by atoms with Crippen molar-refractivity contribution in [1.82, 2.24) is 4.98 Å². The zero-order valence-electron chi connectivity index (χ0n) is 8.27. The van der Waals surface area contributed by atoms with Crippen molar-refractivity contribution in [2.45, 2.75) is 12.3 Å². The monoisotopic (exact) mass is 272 g/mol. The number of hydrogen-bond acceptors (Lipinski definition) is 4. The second-order valence-electron chi connectivity index (χ2n) is 3.08. The Bertz CT molecular complexity index is 467. The van der Waals surface area contributed by atoms with Crippen LogP contribution in [-0.2, 0) is 17.1 Å². The Morgan fingerprint density at radius 1 is 1.50 bits per heavy atom. The third-order valence-corrected chi connectivity index (χ3v) is 3.81. The Labute approximate surface area is 106 Å². The number of amides is 1. The number of aromatic nitrogens is 1. The van der Waals surface area contributed by atoms with Gasteiger partial charge in [-0.1, -0.05) is 6.07 Å². The van der Waals surface area contributed by atoms with Crippen molar-refractivity contribution in [1.29, 1.82) is 0 Å². The fourth-order valence-electron chi connectivity index (χ4n) is 1.16. The molecule has 1 amide bonds. The van der Waals surface area contributed by atoms with E-state index in [1.54, 1.807) is 11.3 Å². The van der Waals surface area contributed by atoms with E-state index in [1.165, 1.54) is 11.3 Å². The van der Waals surface area contributed by atoms with Crippen LogP contribution in [0.4, 0.5) is 5.13 Å². The molecule has 6 heteroatoms. The molecule has 2 aromatic heterocycles. The van der Waals surface area contributed by atoms with Gasteiger partial charge in [0.2, 0.25) is 5.91 Å². The molecule has 2 rings (SSSR count). The quantitative estimate of drug-likeness (QED) is 0.869. The topological polar surface area (TPSA) is 42.0 Å². The number of carbonyl (C=O) groups is 1. The molecule has 0 aromatic carbocycles. The van der Waals surface area contributed by atoms with Crippen molar-refractivity contribution in [2.24, 2.45) is 0 Å². The zero-order chi connectivity index (χ0) is 11.4. The largest absolute Gasteiger partial charge is 0.302 e. The molecule has 0 bridgehead atoms. The van der Waals surface area contributed by atoms with Crippen molar-refractivity contribution >= 4 is 45.3 Å². The van der Waals surface area contributed by atoms with Crippen molar-refractivity contribution in [3.05, 3.63) is 33.5 Å². The summed E-state index contributed by atoms with van der Waals surface area (Å²) in [5.74, 6) is 0.329. The second-order valence-corrected chi connectivity index (χ2v) is 5.24. The van der Waals surface area contributed by atoms with Crippen molar-refractivity contribution in [3.8, 4) is 0 Å². The van der Waals surface area contributed by atoms with Gasteiger partial charge < -0.3 is 5.32 Å². The second kappa shape index (κ2) is 5.43. The number of halogens is 1. The summed E-state index contributed by atoms with van der Waals surface area (Å²) in [7, 11) is 0. The Hall–Kier alpha value is -0.910. The van der Waals surface area contributed by atoms with E-state index >= 15 is 0 Å². The van der Waals surface area contributed by atoms with E-state index < -0.39 is 0 Å². The third-order valence-electron chi connectivity index (χ3n) is 1.85. The van der Waals surface area contributed by atoms with Gasteiger partial charge in [-0.25, -0.2) is 4.98 Å². The van der Waals surface area contributed by atoms with Crippen LogP contribution in [0, 0.1) is 0 Å². The highest BCUT2D eigenvalue weighted by Crippen LogP contribution is 2.17. The molecular weight excluding hydrogens is 264 g/mol. The van der Waals surface area contributed by atoms with E-state index in [-0.39, 0.29) is 5.91 Å². The Balaban J connectivity index is 1.92. The summed E-state index contributed by atoms with van der Waals surface area (Å²) in [6.07, 6.45) is 0.396. The van der Waals surface area contributed by atoms with E-state index in [0.29, 0.717) is 17.4 Å². The first kappa shape index (κ1) is 11.6. The van der Waals surface area contributed by atoms with Crippen LogP contribution in [0.25, 0.3) is 0 Å². The summed E-state index contributed by atoms with van der Waals surface area (Å²) in [6.45, 7) is 0. The van der Waals surface area contributed by atoms with E-state index in [9.17, 15) is 4.79 Å². The van der Waals surface area contributed by atoms with E-state index in [2.05, 4.69) is 10.3 Å². The van der Waals surface area contributed by atoms with Crippen molar-refractivity contribution in [3.63, 3.8) is 0 Å². The SMILES string of the molecule is O=C(Cc1cccs1)Nc1nc(CCl)cs1. The Morgan fingerprint density at radius 2 is 2.38 bits per heavy atom. The Morgan fingerprint density at radius 3 is 3.00 bits per heavy atom. The maximum Gasteiger partial charge on any atom is 0.231 e. The first-order valence-corrected chi connectivity index (χ1v) is 6.90. The molecule has 2 aromatic rings. The lowest BCUT2D eigenvalue weighted by atomic mass is 10.3. The fourth-order valence-corrected chi connectivity index (χ4v) is 2.82. The van der Waals surface area contributed by atoms with Crippen LogP contribution in [-0.4, -0.2) is 10.9 Å². The number of anilines is 1.